The van der Waals surface area contributed by atoms with E-state index in [0.717, 1.165) is 37.1 Å². The van der Waals surface area contributed by atoms with E-state index >= 15 is 0 Å². The number of fused-ring (bicyclic) bond motifs is 2. The highest BCUT2D eigenvalue weighted by Crippen LogP contribution is 2.53. The molecule has 3 aromatic rings. The Morgan fingerprint density at radius 3 is 2.23 bits per heavy atom. The van der Waals surface area contributed by atoms with E-state index in [1.54, 1.807) is 38.1 Å². The van der Waals surface area contributed by atoms with Crippen molar-refractivity contribution in [1.29, 1.82) is 0 Å². The number of primary amides is 1. The summed E-state index contributed by atoms with van der Waals surface area (Å²) >= 11 is 0. The van der Waals surface area contributed by atoms with Crippen LogP contribution in [0.15, 0.2) is 48.5 Å². The fourth-order valence-electron chi connectivity index (χ4n) is 8.54. The van der Waals surface area contributed by atoms with E-state index in [1.165, 1.54) is 31.2 Å². The van der Waals surface area contributed by atoms with Crippen LogP contribution in [-0.4, -0.2) is 111 Å². The van der Waals surface area contributed by atoms with Crippen LogP contribution in [0.2, 0.25) is 0 Å². The minimum absolute atomic E-state index is 0.0371. The van der Waals surface area contributed by atoms with Crippen LogP contribution in [-0.2, 0) is 53.6 Å². The maximum Gasteiger partial charge on any atom is 0.514 e. The number of ether oxygens (including phenoxy) is 4. The normalized spacial score (nSPS) is 17.9. The van der Waals surface area contributed by atoms with Crippen LogP contribution in [0.1, 0.15) is 104 Å². The number of urea groups is 1. The van der Waals surface area contributed by atoms with E-state index in [4.69, 9.17) is 30.4 Å². The zero-order valence-corrected chi connectivity index (χ0v) is 42.6. The number of aryl methyl sites for hydroxylation is 1. The van der Waals surface area contributed by atoms with Gasteiger partial charge in [-0.3, -0.25) is 24.5 Å². The fourth-order valence-corrected chi connectivity index (χ4v) is 8.54. The van der Waals surface area contributed by atoms with Crippen molar-refractivity contribution in [2.24, 2.45) is 35.1 Å². The first-order valence-electron chi connectivity index (χ1n) is 24.4. The summed E-state index contributed by atoms with van der Waals surface area (Å²) in [5, 5.41) is 42.7. The summed E-state index contributed by atoms with van der Waals surface area (Å²) in [5.74, 6) is -0.802. The molecular weight excluding hydrogens is 951 g/mol. The van der Waals surface area contributed by atoms with Crippen LogP contribution in [0.5, 0.6) is 5.75 Å². The molecule has 0 radical (unpaired) electrons. The third-order valence-corrected chi connectivity index (χ3v) is 12.9. The molecule has 6 amide bonds. The summed E-state index contributed by atoms with van der Waals surface area (Å²) in [6, 6.07) is 8.42. The number of benzene rings is 2. The molecule has 5 rings (SSSR count). The number of amides is 6. The number of hydrogen-bond donors (Lipinski definition) is 8. The van der Waals surface area contributed by atoms with Gasteiger partial charge in [0.15, 0.2) is 0 Å². The number of nitrogens with zero attached hydrogens (tertiary/aromatic N) is 4. The highest BCUT2D eigenvalue weighted by molar-refractivity contribution is 5.98. The van der Waals surface area contributed by atoms with Crippen molar-refractivity contribution in [2.45, 2.75) is 135 Å². The summed E-state index contributed by atoms with van der Waals surface area (Å²) in [4.78, 5) is 87.0. The Kier molecular flexibility index (Phi) is 19.6. The second-order valence-corrected chi connectivity index (χ2v) is 20.5. The van der Waals surface area contributed by atoms with Gasteiger partial charge in [-0.25, -0.2) is 19.1 Å². The third kappa shape index (κ3) is 17.4. The van der Waals surface area contributed by atoms with Gasteiger partial charge in [0.1, 0.15) is 30.1 Å². The minimum atomic E-state index is -1.27. The number of nitrogens with two attached hydrogens (primary N) is 2. The average molecular weight is 1020 g/mol. The number of aliphatic hydroxyl groups excluding tert-OH is 1. The van der Waals surface area contributed by atoms with Crippen molar-refractivity contribution in [3.63, 3.8) is 0 Å². The fraction of sp³-hybridized carbons (Fsp3) is 0.592. The van der Waals surface area contributed by atoms with Crippen molar-refractivity contribution in [2.75, 3.05) is 31.7 Å². The Labute approximate surface area is 423 Å². The molecule has 400 valence electrons. The molecule has 2 aromatic carbocycles. The van der Waals surface area contributed by atoms with Crippen LogP contribution in [0, 0.1) is 33.8 Å². The smallest absolute Gasteiger partial charge is 0.449 e. The van der Waals surface area contributed by atoms with Gasteiger partial charge in [0.2, 0.25) is 17.7 Å². The molecule has 1 saturated carbocycles. The summed E-state index contributed by atoms with van der Waals surface area (Å²) in [5.41, 5.74) is 11.1. The van der Waals surface area contributed by atoms with E-state index in [-0.39, 0.29) is 74.8 Å². The molecule has 6 atom stereocenters. The van der Waals surface area contributed by atoms with Gasteiger partial charge in [-0.05, 0) is 133 Å². The monoisotopic (exact) mass is 1020 g/mol. The summed E-state index contributed by atoms with van der Waals surface area (Å²) in [6.45, 7) is 12.9. The molecule has 0 spiro atoms. The standard InChI is InChI=1S/C49H71N11O13/c1-29(2)41(43(64)54-38(9-8-24-52-44(50)65)42(63)53-31-12-10-30(11-13-31)25-71-46(67)73-33-16-14-32(15-17-33)60(68)69)55-40(62)22-23-48(5,6)72-28-47(3,4)59-39-21-19-35-34(18-20-37(39)57-58-59)36(35)26-70-45(66)56-49(7,51)27-61/h10-17,29,34-36,38,41,61H,8-9,18-28,51H2,1-7H3,(H,53,63)(H,54,64)(H,55,62)(H,56,66)(H3,50,52,65)/t34?,35?,36?,38-,41?,49?/m0/s1. The number of nitrogens with one attached hydrogen (secondary N) is 5. The largest absolute Gasteiger partial charge is 0.514 e. The molecule has 1 aromatic heterocycles. The first-order valence-corrected chi connectivity index (χ1v) is 24.4. The van der Waals surface area contributed by atoms with Gasteiger partial charge < -0.3 is 62.1 Å². The lowest BCUT2D eigenvalue weighted by Crippen LogP contribution is -2.56. The molecule has 2 aliphatic carbocycles. The van der Waals surface area contributed by atoms with E-state index in [2.05, 4.69) is 36.9 Å². The molecule has 5 unspecified atom stereocenters. The SMILES string of the molecule is CC(C)C(NC(=O)CCC(C)(C)OCC(C)(C)n1nnc2c1CCC1C(CC2)C1COC(=O)NC(C)(N)CO)C(=O)N[C@@H](CCCNC(N)=O)C(=O)Nc1ccc(COC(=O)Oc2ccc([N+](=O)[O-])cc2)cc1. The van der Waals surface area contributed by atoms with Gasteiger partial charge in [-0.1, -0.05) is 31.2 Å². The second-order valence-electron chi connectivity index (χ2n) is 20.5. The topological polar surface area (TPSA) is 346 Å². The second kappa shape index (κ2) is 25.2. The van der Waals surface area contributed by atoms with Crippen molar-refractivity contribution in [3.05, 3.63) is 75.6 Å². The maximum absolute atomic E-state index is 13.8. The van der Waals surface area contributed by atoms with Crippen molar-refractivity contribution in [1.82, 2.24) is 36.3 Å². The zero-order chi connectivity index (χ0) is 53.7. The maximum atomic E-state index is 13.8. The number of aliphatic hydroxyl groups is 1. The first-order chi connectivity index (χ1) is 34.4. The summed E-state index contributed by atoms with van der Waals surface area (Å²) < 4.78 is 24.0. The lowest BCUT2D eigenvalue weighted by atomic mass is 9.98. The summed E-state index contributed by atoms with van der Waals surface area (Å²) in [6.07, 6.45) is 2.32. The van der Waals surface area contributed by atoms with Gasteiger partial charge in [0.05, 0.1) is 47.3 Å². The Bertz CT molecular complexity index is 2410. The van der Waals surface area contributed by atoms with Gasteiger partial charge >= 0.3 is 18.3 Å². The number of nitro benzene ring substituents is 1. The number of rotatable bonds is 25. The quantitative estimate of drug-likeness (QED) is 0.0148. The lowest BCUT2D eigenvalue weighted by molar-refractivity contribution is -0.384. The molecule has 1 fully saturated rings. The van der Waals surface area contributed by atoms with E-state index in [0.29, 0.717) is 29.5 Å². The van der Waals surface area contributed by atoms with Crippen LogP contribution in [0.4, 0.5) is 25.8 Å². The van der Waals surface area contributed by atoms with Crippen molar-refractivity contribution in [3.8, 4) is 5.75 Å². The van der Waals surface area contributed by atoms with Crippen LogP contribution in [0.3, 0.4) is 0 Å². The van der Waals surface area contributed by atoms with Gasteiger partial charge in [0, 0.05) is 30.8 Å². The van der Waals surface area contributed by atoms with Gasteiger partial charge in [0.25, 0.3) is 5.69 Å². The lowest BCUT2D eigenvalue weighted by Gasteiger charge is -2.33. The van der Waals surface area contributed by atoms with E-state index < -0.39 is 70.5 Å². The van der Waals surface area contributed by atoms with Crippen molar-refractivity contribution < 1.29 is 57.7 Å². The Balaban J connectivity index is 1.10. The number of hydrogen-bond acceptors (Lipinski definition) is 16. The Morgan fingerprint density at radius 1 is 0.932 bits per heavy atom. The average Bonchev–Trinajstić information content (AvgIpc) is 3.81. The van der Waals surface area contributed by atoms with E-state index in [1.807, 2.05) is 32.4 Å². The highest BCUT2D eigenvalue weighted by atomic mass is 16.7. The number of anilines is 1. The number of alkyl carbamates (subject to hydrolysis) is 1. The zero-order valence-electron chi connectivity index (χ0n) is 42.6. The van der Waals surface area contributed by atoms with Crippen molar-refractivity contribution >= 4 is 47.4 Å². The van der Waals surface area contributed by atoms with Gasteiger partial charge in [-0.15, -0.1) is 5.10 Å². The Hall–Kier alpha value is -6.92. The number of aromatic nitrogens is 3. The molecule has 0 aliphatic heterocycles. The van der Waals surface area contributed by atoms with Gasteiger partial charge in [-0.2, -0.15) is 0 Å². The molecule has 1 heterocycles. The number of nitro groups is 1. The number of non-ortho nitro benzene ring substituents is 1. The molecule has 0 bridgehead atoms. The molecule has 10 N–H and O–H groups in total. The molecule has 73 heavy (non-hydrogen) atoms. The predicted molar refractivity (Wildman–Crippen MR) is 264 cm³/mol. The molecule has 2 aliphatic rings. The number of carbonyl (C=O) groups excluding carboxylic acids is 6. The van der Waals surface area contributed by atoms with E-state index in [9.17, 15) is 44.0 Å². The minimum Gasteiger partial charge on any atom is -0.449 e. The Morgan fingerprint density at radius 2 is 1.60 bits per heavy atom. The molecule has 24 nitrogen and oxygen atoms in total. The predicted octanol–water partition coefficient (Wildman–Crippen LogP) is 4.06. The molecular formula is C49H71N11O13. The van der Waals surface area contributed by atoms with Crippen LogP contribution in [0.25, 0.3) is 0 Å². The van der Waals surface area contributed by atoms with Crippen LogP contribution < -0.4 is 42.8 Å². The number of carbonyl (C=O) groups is 6. The first kappa shape index (κ1) is 57.0. The third-order valence-electron chi connectivity index (χ3n) is 12.9. The molecule has 0 saturated heterocycles. The highest BCUT2D eigenvalue weighted by Gasteiger charge is 2.51. The summed E-state index contributed by atoms with van der Waals surface area (Å²) in [7, 11) is 0. The van der Waals surface area contributed by atoms with Crippen LogP contribution >= 0.6 is 0 Å². The molecule has 24 heteroatoms.